The minimum absolute atomic E-state index is 0.104. The summed E-state index contributed by atoms with van der Waals surface area (Å²) in [6, 6.07) is 12.3. The lowest BCUT2D eigenvalue weighted by molar-refractivity contribution is -0.114. The van der Waals surface area contributed by atoms with E-state index in [2.05, 4.69) is 15.2 Å². The highest BCUT2D eigenvalue weighted by Gasteiger charge is 2.11. The molecule has 0 aliphatic heterocycles. The highest BCUT2D eigenvalue weighted by molar-refractivity contribution is 7.13. The van der Waals surface area contributed by atoms with Crippen LogP contribution in [0.15, 0.2) is 47.8 Å². The molecule has 26 heavy (non-hydrogen) atoms. The van der Waals surface area contributed by atoms with Crippen LogP contribution in [0.2, 0.25) is 0 Å². The second-order valence-electron chi connectivity index (χ2n) is 6.34. The van der Waals surface area contributed by atoms with Gasteiger partial charge in [0.1, 0.15) is 10.8 Å². The van der Waals surface area contributed by atoms with Gasteiger partial charge in [-0.15, -0.1) is 11.3 Å². The predicted octanol–water partition coefficient (Wildman–Crippen LogP) is 4.64. The van der Waals surface area contributed by atoms with Crippen LogP contribution in [0.25, 0.3) is 21.8 Å². The van der Waals surface area contributed by atoms with Crippen LogP contribution >= 0.6 is 11.3 Å². The van der Waals surface area contributed by atoms with Gasteiger partial charge in [-0.3, -0.25) is 4.79 Å². The van der Waals surface area contributed by atoms with Crippen LogP contribution in [0.5, 0.6) is 0 Å². The second kappa shape index (κ2) is 7.76. The number of aromatic nitrogens is 1. The number of hydrogen-bond acceptors (Lipinski definition) is 4. The Labute approximate surface area is 156 Å². The van der Waals surface area contributed by atoms with Crippen LogP contribution in [-0.2, 0) is 11.3 Å². The van der Waals surface area contributed by atoms with Crippen molar-refractivity contribution in [3.63, 3.8) is 0 Å². The number of rotatable bonds is 5. The summed E-state index contributed by atoms with van der Waals surface area (Å²) in [6.07, 6.45) is 0. The molecule has 4 nitrogen and oxygen atoms in total. The molecule has 2 aromatic carbocycles. The minimum atomic E-state index is -0.262. The van der Waals surface area contributed by atoms with Crippen LogP contribution in [-0.4, -0.2) is 29.9 Å². The standard InChI is InChI=1S/C20H20FN3OS/c1-13(25)22-18-10-15(4-5-16(18)11-24(2)3)19-12-26-20(23-19)14-6-8-17(21)9-7-14/h4-10,12H,11H2,1-3H3,(H,22,25). The van der Waals surface area contributed by atoms with Crippen LogP contribution in [0.3, 0.4) is 0 Å². The van der Waals surface area contributed by atoms with Gasteiger partial charge in [-0.25, -0.2) is 9.37 Å². The number of halogens is 1. The first kappa shape index (κ1) is 18.2. The topological polar surface area (TPSA) is 45.2 Å². The molecule has 0 radical (unpaired) electrons. The number of benzene rings is 2. The molecule has 0 bridgehead atoms. The Morgan fingerprint density at radius 1 is 1.15 bits per heavy atom. The number of nitrogens with one attached hydrogen (secondary N) is 1. The largest absolute Gasteiger partial charge is 0.326 e. The molecule has 3 rings (SSSR count). The molecule has 1 N–H and O–H groups in total. The Bertz CT molecular complexity index is 919. The van der Waals surface area contributed by atoms with Crippen molar-refractivity contribution in [3.05, 3.63) is 59.2 Å². The molecule has 0 unspecified atom stereocenters. The van der Waals surface area contributed by atoms with Crippen molar-refractivity contribution in [1.29, 1.82) is 0 Å². The number of carbonyl (C=O) groups is 1. The van der Waals surface area contributed by atoms with Crippen LogP contribution in [0.4, 0.5) is 10.1 Å². The molecule has 6 heteroatoms. The van der Waals surface area contributed by atoms with Crippen molar-refractivity contribution >= 4 is 22.9 Å². The minimum Gasteiger partial charge on any atom is -0.326 e. The summed E-state index contributed by atoms with van der Waals surface area (Å²) in [7, 11) is 3.97. The molecule has 0 saturated carbocycles. The van der Waals surface area contributed by atoms with E-state index in [4.69, 9.17) is 0 Å². The van der Waals surface area contributed by atoms with Crippen molar-refractivity contribution in [1.82, 2.24) is 9.88 Å². The zero-order valence-corrected chi connectivity index (χ0v) is 15.7. The summed E-state index contributed by atoms with van der Waals surface area (Å²) in [5, 5.41) is 5.70. The van der Waals surface area contributed by atoms with E-state index < -0.39 is 0 Å². The van der Waals surface area contributed by atoms with Gasteiger partial charge in [0.15, 0.2) is 0 Å². The third kappa shape index (κ3) is 4.33. The molecule has 134 valence electrons. The van der Waals surface area contributed by atoms with E-state index in [0.29, 0.717) is 0 Å². The first-order valence-corrected chi connectivity index (χ1v) is 9.07. The van der Waals surface area contributed by atoms with Gasteiger partial charge in [0, 0.05) is 35.7 Å². The van der Waals surface area contributed by atoms with Crippen molar-refractivity contribution in [2.45, 2.75) is 13.5 Å². The second-order valence-corrected chi connectivity index (χ2v) is 7.19. The third-order valence-corrected chi connectivity index (χ3v) is 4.69. The molecule has 0 aliphatic carbocycles. The zero-order valence-electron chi connectivity index (χ0n) is 14.9. The van der Waals surface area contributed by atoms with Crippen molar-refractivity contribution < 1.29 is 9.18 Å². The van der Waals surface area contributed by atoms with Crippen molar-refractivity contribution in [3.8, 4) is 21.8 Å². The fourth-order valence-corrected chi connectivity index (χ4v) is 3.49. The third-order valence-electron chi connectivity index (χ3n) is 3.80. The summed E-state index contributed by atoms with van der Waals surface area (Å²) in [4.78, 5) is 18.3. The summed E-state index contributed by atoms with van der Waals surface area (Å²) in [5.74, 6) is -0.366. The molecule has 1 aromatic heterocycles. The van der Waals surface area contributed by atoms with E-state index >= 15 is 0 Å². The Kier molecular flexibility index (Phi) is 5.44. The number of amides is 1. The van der Waals surface area contributed by atoms with E-state index in [1.54, 1.807) is 12.1 Å². The van der Waals surface area contributed by atoms with E-state index in [-0.39, 0.29) is 11.7 Å². The molecule has 1 heterocycles. The lowest BCUT2D eigenvalue weighted by Gasteiger charge is -2.15. The average Bonchev–Trinajstić information content (AvgIpc) is 3.06. The Morgan fingerprint density at radius 2 is 1.85 bits per heavy atom. The molecule has 0 saturated heterocycles. The smallest absolute Gasteiger partial charge is 0.221 e. The number of carbonyl (C=O) groups excluding carboxylic acids is 1. The number of nitrogens with zero attached hydrogens (tertiary/aromatic N) is 2. The van der Waals surface area contributed by atoms with Gasteiger partial charge in [0.25, 0.3) is 0 Å². The molecule has 0 atom stereocenters. The Balaban J connectivity index is 1.93. The SMILES string of the molecule is CC(=O)Nc1cc(-c2csc(-c3ccc(F)cc3)n2)ccc1CN(C)C. The van der Waals surface area contributed by atoms with Gasteiger partial charge in [0.2, 0.25) is 5.91 Å². The lowest BCUT2D eigenvalue weighted by Crippen LogP contribution is -2.14. The molecular weight excluding hydrogens is 349 g/mol. The van der Waals surface area contributed by atoms with Crippen molar-refractivity contribution in [2.75, 3.05) is 19.4 Å². The fraction of sp³-hybridized carbons (Fsp3) is 0.200. The number of anilines is 1. The van der Waals surface area contributed by atoms with E-state index in [1.165, 1.54) is 30.4 Å². The van der Waals surface area contributed by atoms with Gasteiger partial charge in [-0.1, -0.05) is 12.1 Å². The maximum atomic E-state index is 13.1. The lowest BCUT2D eigenvalue weighted by atomic mass is 10.1. The number of thiazole rings is 1. The van der Waals surface area contributed by atoms with E-state index in [9.17, 15) is 9.18 Å². The fourth-order valence-electron chi connectivity index (χ4n) is 2.65. The molecule has 0 fully saturated rings. The highest BCUT2D eigenvalue weighted by atomic mass is 32.1. The quantitative estimate of drug-likeness (QED) is 0.713. The molecular formula is C20H20FN3OS. The monoisotopic (exact) mass is 369 g/mol. The van der Waals surface area contributed by atoms with Crippen LogP contribution in [0, 0.1) is 5.82 Å². The normalized spacial score (nSPS) is 11.0. The van der Waals surface area contributed by atoms with E-state index in [1.807, 2.05) is 37.7 Å². The van der Waals surface area contributed by atoms with Gasteiger partial charge in [0.05, 0.1) is 5.69 Å². The molecule has 0 spiro atoms. The first-order chi connectivity index (χ1) is 12.4. The molecule has 1 amide bonds. The maximum Gasteiger partial charge on any atom is 0.221 e. The highest BCUT2D eigenvalue weighted by Crippen LogP contribution is 2.31. The Hall–Kier alpha value is -2.57. The van der Waals surface area contributed by atoms with Gasteiger partial charge >= 0.3 is 0 Å². The maximum absolute atomic E-state index is 13.1. The number of hydrogen-bond donors (Lipinski definition) is 1. The molecule has 0 aliphatic rings. The predicted molar refractivity (Wildman–Crippen MR) is 105 cm³/mol. The van der Waals surface area contributed by atoms with Crippen LogP contribution < -0.4 is 5.32 Å². The molecule has 3 aromatic rings. The van der Waals surface area contributed by atoms with Gasteiger partial charge in [-0.05, 0) is 50.0 Å². The zero-order chi connectivity index (χ0) is 18.7. The van der Waals surface area contributed by atoms with E-state index in [0.717, 1.165) is 39.6 Å². The van der Waals surface area contributed by atoms with Crippen molar-refractivity contribution in [2.24, 2.45) is 0 Å². The first-order valence-electron chi connectivity index (χ1n) is 8.19. The summed E-state index contributed by atoms with van der Waals surface area (Å²) in [6.45, 7) is 2.23. The average molecular weight is 369 g/mol. The summed E-state index contributed by atoms with van der Waals surface area (Å²) >= 11 is 1.51. The van der Waals surface area contributed by atoms with Crippen LogP contribution in [0.1, 0.15) is 12.5 Å². The van der Waals surface area contributed by atoms with Gasteiger partial charge < -0.3 is 10.2 Å². The van der Waals surface area contributed by atoms with Gasteiger partial charge in [-0.2, -0.15) is 0 Å². The Morgan fingerprint density at radius 3 is 2.50 bits per heavy atom. The summed E-state index contributed by atoms with van der Waals surface area (Å²) < 4.78 is 13.1. The summed E-state index contributed by atoms with van der Waals surface area (Å²) in [5.41, 5.74) is 4.48.